The van der Waals surface area contributed by atoms with Crippen LogP contribution in [0.5, 0.6) is 0 Å². The number of hydrogen-bond acceptors (Lipinski definition) is 0. The van der Waals surface area contributed by atoms with Crippen LogP contribution in [0.3, 0.4) is 0 Å². The number of aromatic nitrogens is 1. The van der Waals surface area contributed by atoms with Crippen LogP contribution in [0.1, 0.15) is 0 Å². The van der Waals surface area contributed by atoms with E-state index in [2.05, 4.69) is 99.8 Å². The summed E-state index contributed by atoms with van der Waals surface area (Å²) < 4.78 is 1.13. The van der Waals surface area contributed by atoms with Gasteiger partial charge in [0.05, 0.1) is 0 Å². The standard InChI is InChI=1S/C22H14BrN/c23-18-10-5-11-19-22(18)21-17-9-4-8-15(14-6-2-1-3-7-14)16(17)12-13-20(21)24-19/h1-13,24H. The summed E-state index contributed by atoms with van der Waals surface area (Å²) in [6, 6.07) is 27.9. The Labute approximate surface area is 148 Å². The van der Waals surface area contributed by atoms with Crippen molar-refractivity contribution in [1.29, 1.82) is 0 Å². The fourth-order valence-corrected chi connectivity index (χ4v) is 4.19. The van der Waals surface area contributed by atoms with Gasteiger partial charge in [0.25, 0.3) is 0 Å². The molecule has 4 aromatic carbocycles. The fraction of sp³-hybridized carbons (Fsp3) is 0. The van der Waals surface area contributed by atoms with Gasteiger partial charge >= 0.3 is 0 Å². The first-order valence-electron chi connectivity index (χ1n) is 8.00. The van der Waals surface area contributed by atoms with Gasteiger partial charge in [-0.3, -0.25) is 0 Å². The average molecular weight is 372 g/mol. The second kappa shape index (κ2) is 5.22. The lowest BCUT2D eigenvalue weighted by Gasteiger charge is -2.08. The maximum Gasteiger partial charge on any atom is 0.0476 e. The predicted molar refractivity (Wildman–Crippen MR) is 106 cm³/mol. The first kappa shape index (κ1) is 13.8. The highest BCUT2D eigenvalue weighted by atomic mass is 79.9. The fourth-order valence-electron chi connectivity index (χ4n) is 3.63. The Morgan fingerprint density at radius 2 is 1.38 bits per heavy atom. The molecule has 0 bridgehead atoms. The van der Waals surface area contributed by atoms with Crippen molar-refractivity contribution in [1.82, 2.24) is 4.98 Å². The summed E-state index contributed by atoms with van der Waals surface area (Å²) in [5.74, 6) is 0. The van der Waals surface area contributed by atoms with E-state index >= 15 is 0 Å². The highest BCUT2D eigenvalue weighted by Crippen LogP contribution is 2.39. The van der Waals surface area contributed by atoms with E-state index in [-0.39, 0.29) is 0 Å². The van der Waals surface area contributed by atoms with Crippen molar-refractivity contribution in [3.8, 4) is 11.1 Å². The molecular formula is C22H14BrN. The molecule has 114 valence electrons. The molecule has 0 aliphatic carbocycles. The maximum atomic E-state index is 3.73. The molecule has 5 aromatic rings. The molecule has 1 N–H and O–H groups in total. The molecule has 0 atom stereocenters. The minimum absolute atomic E-state index is 1.13. The average Bonchev–Trinajstić information content (AvgIpc) is 3.02. The van der Waals surface area contributed by atoms with Crippen molar-refractivity contribution >= 4 is 48.5 Å². The number of aromatic amines is 1. The lowest BCUT2D eigenvalue weighted by atomic mass is 9.96. The number of hydrogen-bond donors (Lipinski definition) is 1. The third-order valence-corrected chi connectivity index (χ3v) is 5.34. The van der Waals surface area contributed by atoms with E-state index in [9.17, 15) is 0 Å². The van der Waals surface area contributed by atoms with Crippen molar-refractivity contribution in [2.75, 3.05) is 0 Å². The Morgan fingerprint density at radius 1 is 0.583 bits per heavy atom. The highest BCUT2D eigenvalue weighted by Gasteiger charge is 2.12. The van der Waals surface area contributed by atoms with E-state index in [0.717, 1.165) is 9.99 Å². The summed E-state index contributed by atoms with van der Waals surface area (Å²) in [5.41, 5.74) is 4.87. The molecule has 0 spiro atoms. The van der Waals surface area contributed by atoms with Gasteiger partial charge in [-0.1, -0.05) is 76.6 Å². The van der Waals surface area contributed by atoms with Crippen LogP contribution in [0.2, 0.25) is 0 Å². The molecular weight excluding hydrogens is 358 g/mol. The van der Waals surface area contributed by atoms with Gasteiger partial charge < -0.3 is 4.98 Å². The van der Waals surface area contributed by atoms with Crippen LogP contribution in [0.15, 0.2) is 83.3 Å². The summed E-state index contributed by atoms with van der Waals surface area (Å²) in [4.78, 5) is 3.54. The Kier molecular flexibility index (Phi) is 3.00. The van der Waals surface area contributed by atoms with Crippen LogP contribution in [0, 0.1) is 0 Å². The SMILES string of the molecule is Brc1cccc2[nH]c3ccc4c(-c5ccccc5)cccc4c3c12. The second-order valence-electron chi connectivity index (χ2n) is 6.04. The minimum atomic E-state index is 1.13. The van der Waals surface area contributed by atoms with Gasteiger partial charge in [0.15, 0.2) is 0 Å². The summed E-state index contributed by atoms with van der Waals surface area (Å²) in [6.07, 6.45) is 0. The molecule has 0 radical (unpaired) electrons. The molecule has 0 saturated heterocycles. The largest absolute Gasteiger partial charge is 0.354 e. The highest BCUT2D eigenvalue weighted by molar-refractivity contribution is 9.10. The van der Waals surface area contributed by atoms with Crippen molar-refractivity contribution in [2.45, 2.75) is 0 Å². The van der Waals surface area contributed by atoms with Gasteiger partial charge in [-0.05, 0) is 40.1 Å². The molecule has 0 amide bonds. The zero-order valence-corrected chi connectivity index (χ0v) is 14.5. The van der Waals surface area contributed by atoms with Crippen LogP contribution in [-0.2, 0) is 0 Å². The van der Waals surface area contributed by atoms with E-state index in [4.69, 9.17) is 0 Å². The molecule has 0 saturated carbocycles. The quantitative estimate of drug-likeness (QED) is 0.329. The van der Waals surface area contributed by atoms with Crippen LogP contribution < -0.4 is 0 Å². The summed E-state index contributed by atoms with van der Waals surface area (Å²) in [6.45, 7) is 0. The van der Waals surface area contributed by atoms with Crippen LogP contribution in [0.25, 0.3) is 43.7 Å². The Bertz CT molecular complexity index is 1200. The van der Waals surface area contributed by atoms with Crippen LogP contribution in [-0.4, -0.2) is 4.98 Å². The predicted octanol–water partition coefficient (Wildman–Crippen LogP) is 6.90. The van der Waals surface area contributed by atoms with Gasteiger partial charge in [0.2, 0.25) is 0 Å². The number of fused-ring (bicyclic) bond motifs is 5. The normalized spacial score (nSPS) is 11.5. The molecule has 1 heterocycles. The Hall–Kier alpha value is -2.58. The van der Waals surface area contributed by atoms with Crippen molar-refractivity contribution in [3.63, 3.8) is 0 Å². The summed E-state index contributed by atoms with van der Waals surface area (Å²) in [5, 5.41) is 5.11. The minimum Gasteiger partial charge on any atom is -0.354 e. The number of halogens is 1. The Morgan fingerprint density at radius 3 is 2.25 bits per heavy atom. The zero-order chi connectivity index (χ0) is 16.1. The molecule has 0 aliphatic heterocycles. The van der Waals surface area contributed by atoms with Gasteiger partial charge in [0, 0.05) is 26.3 Å². The van der Waals surface area contributed by atoms with E-state index in [1.54, 1.807) is 0 Å². The van der Waals surface area contributed by atoms with E-state index in [1.165, 1.54) is 38.2 Å². The molecule has 0 aliphatic rings. The van der Waals surface area contributed by atoms with Crippen molar-refractivity contribution in [3.05, 3.63) is 83.3 Å². The summed E-state index contributed by atoms with van der Waals surface area (Å²) >= 11 is 3.73. The van der Waals surface area contributed by atoms with E-state index < -0.39 is 0 Å². The molecule has 2 heteroatoms. The van der Waals surface area contributed by atoms with Gasteiger partial charge in [-0.15, -0.1) is 0 Å². The van der Waals surface area contributed by atoms with Gasteiger partial charge in [-0.2, -0.15) is 0 Å². The topological polar surface area (TPSA) is 15.8 Å². The van der Waals surface area contributed by atoms with Crippen LogP contribution in [0.4, 0.5) is 0 Å². The second-order valence-corrected chi connectivity index (χ2v) is 6.90. The third-order valence-electron chi connectivity index (χ3n) is 4.68. The molecule has 24 heavy (non-hydrogen) atoms. The number of rotatable bonds is 1. The number of nitrogens with one attached hydrogen (secondary N) is 1. The van der Waals surface area contributed by atoms with Gasteiger partial charge in [-0.25, -0.2) is 0 Å². The van der Waals surface area contributed by atoms with E-state index in [1.807, 2.05) is 0 Å². The maximum absolute atomic E-state index is 3.73. The molecule has 1 aromatic heterocycles. The Balaban J connectivity index is 1.98. The first-order chi connectivity index (χ1) is 11.8. The molecule has 0 unspecified atom stereocenters. The first-order valence-corrected chi connectivity index (χ1v) is 8.79. The van der Waals surface area contributed by atoms with E-state index in [0.29, 0.717) is 0 Å². The van der Waals surface area contributed by atoms with Crippen molar-refractivity contribution < 1.29 is 0 Å². The lowest BCUT2D eigenvalue weighted by molar-refractivity contribution is 1.55. The number of benzene rings is 4. The molecule has 5 rings (SSSR count). The van der Waals surface area contributed by atoms with Gasteiger partial charge in [0.1, 0.15) is 0 Å². The summed E-state index contributed by atoms with van der Waals surface area (Å²) in [7, 11) is 0. The smallest absolute Gasteiger partial charge is 0.0476 e. The lowest BCUT2D eigenvalue weighted by Crippen LogP contribution is -1.82. The van der Waals surface area contributed by atoms with Crippen LogP contribution >= 0.6 is 15.9 Å². The third kappa shape index (κ3) is 1.93. The molecule has 1 nitrogen and oxygen atoms in total. The monoisotopic (exact) mass is 371 g/mol. The molecule has 0 fully saturated rings. The number of H-pyrrole nitrogens is 1. The zero-order valence-electron chi connectivity index (χ0n) is 12.9. The van der Waals surface area contributed by atoms with Crippen molar-refractivity contribution in [2.24, 2.45) is 0 Å².